The first-order valence-electron chi connectivity index (χ1n) is 11.5. The molecule has 1 aromatic carbocycles. The summed E-state index contributed by atoms with van der Waals surface area (Å²) in [5.41, 5.74) is 0.224. The number of carbonyl (C=O) groups excluding carboxylic acids is 3. The van der Waals surface area contributed by atoms with Crippen LogP contribution in [0.5, 0.6) is 0 Å². The number of hydrogen-bond donors (Lipinski definition) is 2. The molecule has 5 rings (SSSR count). The van der Waals surface area contributed by atoms with Crippen LogP contribution in [-0.4, -0.2) is 50.3 Å². The lowest BCUT2D eigenvalue weighted by Gasteiger charge is -2.44. The van der Waals surface area contributed by atoms with Gasteiger partial charge in [-0.25, -0.2) is 4.98 Å². The quantitative estimate of drug-likeness (QED) is 0.534. The highest BCUT2D eigenvalue weighted by Crippen LogP contribution is 2.38. The van der Waals surface area contributed by atoms with E-state index in [1.165, 1.54) is 6.33 Å². The molecule has 1 aliphatic heterocycles. The van der Waals surface area contributed by atoms with E-state index in [9.17, 15) is 14.4 Å². The largest absolute Gasteiger partial charge is 0.469 e. The van der Waals surface area contributed by atoms with Crippen molar-refractivity contribution in [1.29, 1.82) is 0 Å². The van der Waals surface area contributed by atoms with Crippen LogP contribution in [0.2, 0.25) is 0 Å². The Morgan fingerprint density at radius 2 is 1.94 bits per heavy atom. The van der Waals surface area contributed by atoms with E-state index >= 15 is 0 Å². The Labute approximate surface area is 197 Å². The minimum absolute atomic E-state index is 0.0153. The van der Waals surface area contributed by atoms with Crippen molar-refractivity contribution < 1.29 is 18.8 Å². The van der Waals surface area contributed by atoms with Gasteiger partial charge in [0.05, 0.1) is 19.1 Å². The lowest BCUT2D eigenvalue weighted by atomic mass is 9.93. The average Bonchev–Trinajstić information content (AvgIpc) is 3.34. The predicted octanol–water partition coefficient (Wildman–Crippen LogP) is 2.14. The van der Waals surface area contributed by atoms with Gasteiger partial charge < -0.3 is 24.5 Å². The second kappa shape index (κ2) is 8.81. The lowest BCUT2D eigenvalue weighted by molar-refractivity contribution is -0.133. The van der Waals surface area contributed by atoms with Gasteiger partial charge >= 0.3 is 0 Å². The Bertz CT molecular complexity index is 1200. The smallest absolute Gasteiger partial charge is 0.274 e. The van der Waals surface area contributed by atoms with E-state index < -0.39 is 11.4 Å². The van der Waals surface area contributed by atoms with Gasteiger partial charge in [0.1, 0.15) is 17.0 Å². The standard InChI is InChI=1S/C25H27N5O4/c1-25(24(33)27-14-17-6-3-2-4-7-17)15-29-16-28-20(21(29)23(32)30(25)18-9-10-18)22(31)26-12-11-19-8-5-13-34-19/h2-8,13,16,18H,9-12,14-15H2,1H3,(H,26,31)(H,27,33). The van der Waals surface area contributed by atoms with Gasteiger partial charge in [0.15, 0.2) is 5.69 Å². The molecule has 1 saturated carbocycles. The number of fused-ring (bicyclic) bond motifs is 1. The van der Waals surface area contributed by atoms with Crippen molar-refractivity contribution in [3.05, 3.63) is 77.8 Å². The number of benzene rings is 1. The molecule has 1 unspecified atom stereocenters. The third-order valence-electron chi connectivity index (χ3n) is 6.42. The summed E-state index contributed by atoms with van der Waals surface area (Å²) in [6, 6.07) is 13.3. The molecular formula is C25H27N5O4. The van der Waals surface area contributed by atoms with Crippen molar-refractivity contribution in [2.24, 2.45) is 0 Å². The van der Waals surface area contributed by atoms with Crippen molar-refractivity contribution in [2.45, 2.75) is 50.9 Å². The maximum Gasteiger partial charge on any atom is 0.274 e. The Balaban J connectivity index is 1.34. The van der Waals surface area contributed by atoms with Crippen LogP contribution in [0, 0.1) is 0 Å². The van der Waals surface area contributed by atoms with Crippen LogP contribution in [0.25, 0.3) is 0 Å². The molecule has 3 heterocycles. The molecule has 0 radical (unpaired) electrons. The molecule has 1 fully saturated rings. The fourth-order valence-corrected chi connectivity index (χ4v) is 4.53. The van der Waals surface area contributed by atoms with Gasteiger partial charge in [-0.1, -0.05) is 30.3 Å². The third-order valence-corrected chi connectivity index (χ3v) is 6.42. The number of nitrogens with zero attached hydrogens (tertiary/aromatic N) is 3. The topological polar surface area (TPSA) is 109 Å². The first-order valence-corrected chi connectivity index (χ1v) is 11.5. The first-order chi connectivity index (χ1) is 16.5. The van der Waals surface area contributed by atoms with E-state index in [0.717, 1.165) is 24.2 Å². The fourth-order valence-electron chi connectivity index (χ4n) is 4.53. The highest BCUT2D eigenvalue weighted by atomic mass is 16.3. The predicted molar refractivity (Wildman–Crippen MR) is 123 cm³/mol. The number of nitrogens with one attached hydrogen (secondary N) is 2. The van der Waals surface area contributed by atoms with Gasteiger partial charge in [-0.2, -0.15) is 0 Å². The summed E-state index contributed by atoms with van der Waals surface area (Å²) in [6.07, 6.45) is 5.28. The fraction of sp³-hybridized carbons (Fsp3) is 0.360. The number of furan rings is 1. The summed E-state index contributed by atoms with van der Waals surface area (Å²) in [7, 11) is 0. The van der Waals surface area contributed by atoms with Gasteiger partial charge in [-0.15, -0.1) is 0 Å². The van der Waals surface area contributed by atoms with Crippen molar-refractivity contribution >= 4 is 17.7 Å². The molecule has 3 aromatic rings. The molecule has 1 atom stereocenters. The SMILES string of the molecule is CC1(C(=O)NCc2ccccc2)Cn2cnc(C(=O)NCCc3ccco3)c2C(=O)N1C1CC1. The molecule has 0 saturated heterocycles. The molecule has 176 valence electrons. The number of amides is 3. The van der Waals surface area contributed by atoms with Crippen LogP contribution >= 0.6 is 0 Å². The summed E-state index contributed by atoms with van der Waals surface area (Å²) < 4.78 is 6.91. The van der Waals surface area contributed by atoms with Crippen LogP contribution in [0.4, 0.5) is 0 Å². The molecule has 2 aromatic heterocycles. The Morgan fingerprint density at radius 1 is 1.15 bits per heavy atom. The average molecular weight is 462 g/mol. The number of carbonyl (C=O) groups is 3. The van der Waals surface area contributed by atoms with Crippen molar-refractivity contribution in [3.8, 4) is 0 Å². The van der Waals surface area contributed by atoms with Gasteiger partial charge in [-0.05, 0) is 37.5 Å². The normalized spacial score (nSPS) is 19.6. The number of rotatable bonds is 8. The van der Waals surface area contributed by atoms with Crippen LogP contribution in [0.15, 0.2) is 59.5 Å². The zero-order valence-corrected chi connectivity index (χ0v) is 19.0. The van der Waals surface area contributed by atoms with Crippen LogP contribution in [-0.2, 0) is 24.3 Å². The van der Waals surface area contributed by atoms with Gasteiger partial charge in [0, 0.05) is 25.6 Å². The molecule has 9 heteroatoms. The van der Waals surface area contributed by atoms with Gasteiger partial charge in [0.25, 0.3) is 11.8 Å². The van der Waals surface area contributed by atoms with Crippen molar-refractivity contribution in [1.82, 2.24) is 25.1 Å². The molecule has 9 nitrogen and oxygen atoms in total. The monoisotopic (exact) mass is 461 g/mol. The number of hydrogen-bond acceptors (Lipinski definition) is 5. The van der Waals surface area contributed by atoms with Crippen molar-refractivity contribution in [3.63, 3.8) is 0 Å². The van der Waals surface area contributed by atoms with E-state index in [2.05, 4.69) is 15.6 Å². The molecule has 2 N–H and O–H groups in total. The summed E-state index contributed by atoms with van der Waals surface area (Å²) in [5, 5.41) is 5.80. The van der Waals surface area contributed by atoms with Gasteiger partial charge in [0.2, 0.25) is 5.91 Å². The molecular weight excluding hydrogens is 434 g/mol. The first kappa shape index (κ1) is 21.9. The van der Waals surface area contributed by atoms with Crippen molar-refractivity contribution in [2.75, 3.05) is 6.54 Å². The summed E-state index contributed by atoms with van der Waals surface area (Å²) in [5.74, 6) is -0.206. The van der Waals surface area contributed by atoms with E-state index in [4.69, 9.17) is 4.42 Å². The summed E-state index contributed by atoms with van der Waals surface area (Å²) in [4.78, 5) is 45.7. The van der Waals surface area contributed by atoms with Gasteiger partial charge in [-0.3, -0.25) is 14.4 Å². The van der Waals surface area contributed by atoms with Crippen LogP contribution < -0.4 is 10.6 Å². The molecule has 1 aliphatic carbocycles. The minimum Gasteiger partial charge on any atom is -0.469 e. The van der Waals surface area contributed by atoms with Crippen LogP contribution in [0.3, 0.4) is 0 Å². The molecule has 0 spiro atoms. The molecule has 34 heavy (non-hydrogen) atoms. The molecule has 0 bridgehead atoms. The summed E-state index contributed by atoms with van der Waals surface area (Å²) in [6.45, 7) is 2.76. The highest BCUT2D eigenvalue weighted by molar-refractivity contribution is 6.07. The maximum absolute atomic E-state index is 13.6. The summed E-state index contributed by atoms with van der Waals surface area (Å²) >= 11 is 0. The van der Waals surface area contributed by atoms with E-state index in [0.29, 0.717) is 19.5 Å². The second-order valence-corrected chi connectivity index (χ2v) is 9.00. The zero-order valence-electron chi connectivity index (χ0n) is 19.0. The third kappa shape index (κ3) is 4.09. The number of aromatic nitrogens is 2. The number of imidazole rings is 1. The maximum atomic E-state index is 13.6. The molecule has 3 amide bonds. The Kier molecular flexibility index (Phi) is 5.69. The minimum atomic E-state index is -1.08. The molecule has 2 aliphatic rings. The second-order valence-electron chi connectivity index (χ2n) is 9.00. The van der Waals surface area contributed by atoms with E-state index in [-0.39, 0.29) is 35.8 Å². The Morgan fingerprint density at radius 3 is 2.65 bits per heavy atom. The Hall–Kier alpha value is -3.88. The lowest BCUT2D eigenvalue weighted by Crippen LogP contribution is -2.64. The van der Waals surface area contributed by atoms with E-state index in [1.54, 1.807) is 28.7 Å². The van der Waals surface area contributed by atoms with E-state index in [1.807, 2.05) is 36.4 Å². The van der Waals surface area contributed by atoms with Crippen LogP contribution in [0.1, 0.15) is 52.1 Å². The highest BCUT2D eigenvalue weighted by Gasteiger charge is 2.53. The zero-order chi connectivity index (χ0) is 23.7.